The van der Waals surface area contributed by atoms with Crippen LogP contribution in [0, 0.1) is 0 Å². The summed E-state index contributed by atoms with van der Waals surface area (Å²) in [6.07, 6.45) is 1.99. The van der Waals surface area contributed by atoms with Crippen molar-refractivity contribution in [3.63, 3.8) is 0 Å². The predicted molar refractivity (Wildman–Crippen MR) is 87.2 cm³/mol. The Kier molecular flexibility index (Phi) is 5.02. The number of aromatic nitrogens is 1. The lowest BCUT2D eigenvalue weighted by Crippen LogP contribution is -2.35. The van der Waals surface area contributed by atoms with Crippen molar-refractivity contribution in [1.82, 2.24) is 14.8 Å². The normalized spacial score (nSPS) is 11.3. The number of amides is 1. The molecule has 0 saturated carbocycles. The molecule has 2 rings (SSSR count). The summed E-state index contributed by atoms with van der Waals surface area (Å²) < 4.78 is 2.03. The molecule has 0 unspecified atom stereocenters. The minimum atomic E-state index is 0.139. The topological polar surface area (TPSA) is 37.3 Å². The molecule has 4 heteroatoms. The van der Waals surface area contributed by atoms with E-state index in [2.05, 4.69) is 36.5 Å². The van der Waals surface area contributed by atoms with Crippen molar-refractivity contribution < 1.29 is 4.79 Å². The fourth-order valence-corrected chi connectivity index (χ4v) is 2.29. The average Bonchev–Trinajstić information content (AvgIpc) is 2.86. The zero-order valence-electron chi connectivity index (χ0n) is 13.4. The number of hydrogen-bond acceptors (Lipinski definition) is 2. The van der Waals surface area contributed by atoms with Crippen LogP contribution in [0.2, 0.25) is 0 Å². The first-order valence-electron chi connectivity index (χ1n) is 7.57. The van der Waals surface area contributed by atoms with Crippen molar-refractivity contribution in [3.05, 3.63) is 36.0 Å². The minimum Gasteiger partial charge on any atom is -0.342 e. The van der Waals surface area contributed by atoms with Crippen molar-refractivity contribution in [1.29, 1.82) is 0 Å². The van der Waals surface area contributed by atoms with Crippen LogP contribution in [0.3, 0.4) is 0 Å². The summed E-state index contributed by atoms with van der Waals surface area (Å²) in [4.78, 5) is 14.0. The fraction of sp³-hybridized carbons (Fsp3) is 0.471. The van der Waals surface area contributed by atoms with Gasteiger partial charge < -0.3 is 14.8 Å². The molecule has 2 aromatic rings. The monoisotopic (exact) mass is 287 g/mol. The summed E-state index contributed by atoms with van der Waals surface area (Å²) in [7, 11) is 1.86. The SMILES string of the molecule is CCNCc1ccc2ccn(CC(=O)N(C)C(C)C)c2c1. The van der Waals surface area contributed by atoms with Crippen LogP contribution in [-0.2, 0) is 17.9 Å². The first kappa shape index (κ1) is 15.6. The van der Waals surface area contributed by atoms with Gasteiger partial charge in [0.1, 0.15) is 6.54 Å². The van der Waals surface area contributed by atoms with Crippen molar-refractivity contribution in [3.8, 4) is 0 Å². The van der Waals surface area contributed by atoms with Gasteiger partial charge >= 0.3 is 0 Å². The number of nitrogens with zero attached hydrogens (tertiary/aromatic N) is 2. The first-order valence-corrected chi connectivity index (χ1v) is 7.57. The van der Waals surface area contributed by atoms with Gasteiger partial charge in [-0.25, -0.2) is 0 Å². The zero-order valence-corrected chi connectivity index (χ0v) is 13.4. The molecule has 0 bridgehead atoms. The number of rotatable bonds is 6. The fourth-order valence-electron chi connectivity index (χ4n) is 2.29. The summed E-state index contributed by atoms with van der Waals surface area (Å²) in [6, 6.07) is 8.71. The lowest BCUT2D eigenvalue weighted by molar-refractivity contribution is -0.131. The van der Waals surface area contributed by atoms with Gasteiger partial charge in [-0.3, -0.25) is 4.79 Å². The van der Waals surface area contributed by atoms with Crippen molar-refractivity contribution in [2.24, 2.45) is 0 Å². The van der Waals surface area contributed by atoms with Crippen LogP contribution < -0.4 is 5.32 Å². The first-order chi connectivity index (χ1) is 10.0. The van der Waals surface area contributed by atoms with E-state index in [4.69, 9.17) is 0 Å². The highest BCUT2D eigenvalue weighted by Crippen LogP contribution is 2.18. The maximum Gasteiger partial charge on any atom is 0.242 e. The number of nitrogens with one attached hydrogen (secondary N) is 1. The largest absolute Gasteiger partial charge is 0.342 e. The summed E-state index contributed by atoms with van der Waals surface area (Å²) in [5.41, 5.74) is 2.37. The average molecular weight is 287 g/mol. The number of carbonyl (C=O) groups excluding carboxylic acids is 1. The third-order valence-corrected chi connectivity index (χ3v) is 3.89. The van der Waals surface area contributed by atoms with Gasteiger partial charge in [0.25, 0.3) is 0 Å². The summed E-state index contributed by atoms with van der Waals surface area (Å²) in [5, 5.41) is 4.51. The molecule has 0 fully saturated rings. The van der Waals surface area contributed by atoms with E-state index in [0.29, 0.717) is 6.54 Å². The summed E-state index contributed by atoms with van der Waals surface area (Å²) in [5.74, 6) is 0.139. The molecule has 1 aromatic heterocycles. The lowest BCUT2D eigenvalue weighted by Gasteiger charge is -2.22. The van der Waals surface area contributed by atoms with Crippen LogP contribution in [-0.4, -0.2) is 35.0 Å². The van der Waals surface area contributed by atoms with Gasteiger partial charge in [0.05, 0.1) is 0 Å². The molecule has 0 radical (unpaired) electrons. The van der Waals surface area contributed by atoms with Crippen molar-refractivity contribution >= 4 is 16.8 Å². The molecule has 0 aliphatic heterocycles. The zero-order chi connectivity index (χ0) is 15.4. The van der Waals surface area contributed by atoms with Crippen LogP contribution in [0.4, 0.5) is 0 Å². The van der Waals surface area contributed by atoms with Crippen LogP contribution >= 0.6 is 0 Å². The highest BCUT2D eigenvalue weighted by Gasteiger charge is 2.13. The molecule has 0 spiro atoms. The maximum atomic E-state index is 12.2. The Morgan fingerprint density at radius 1 is 1.33 bits per heavy atom. The van der Waals surface area contributed by atoms with E-state index in [1.807, 2.05) is 31.7 Å². The number of benzene rings is 1. The minimum absolute atomic E-state index is 0.139. The number of carbonyl (C=O) groups is 1. The molecule has 1 amide bonds. The second kappa shape index (κ2) is 6.76. The molecule has 4 nitrogen and oxygen atoms in total. The molecular formula is C17H25N3O. The molecule has 0 atom stereocenters. The third kappa shape index (κ3) is 3.64. The van der Waals surface area contributed by atoms with Gasteiger partial charge in [-0.2, -0.15) is 0 Å². The van der Waals surface area contributed by atoms with E-state index in [-0.39, 0.29) is 11.9 Å². The van der Waals surface area contributed by atoms with Gasteiger partial charge in [0, 0.05) is 31.3 Å². The second-order valence-electron chi connectivity index (χ2n) is 5.72. The third-order valence-electron chi connectivity index (χ3n) is 3.89. The Bertz CT molecular complexity index is 616. The number of likely N-dealkylation sites (N-methyl/N-ethyl adjacent to an activating group) is 1. The molecular weight excluding hydrogens is 262 g/mol. The number of hydrogen-bond donors (Lipinski definition) is 1. The quantitative estimate of drug-likeness (QED) is 0.887. The molecule has 1 N–H and O–H groups in total. The van der Waals surface area contributed by atoms with E-state index >= 15 is 0 Å². The summed E-state index contributed by atoms with van der Waals surface area (Å²) >= 11 is 0. The van der Waals surface area contributed by atoms with Crippen molar-refractivity contribution in [2.75, 3.05) is 13.6 Å². The molecule has 1 heterocycles. The Morgan fingerprint density at radius 2 is 2.10 bits per heavy atom. The lowest BCUT2D eigenvalue weighted by atomic mass is 10.1. The summed E-state index contributed by atoms with van der Waals surface area (Å²) in [6.45, 7) is 8.36. The highest BCUT2D eigenvalue weighted by atomic mass is 16.2. The van der Waals surface area contributed by atoms with Gasteiger partial charge in [-0.05, 0) is 43.5 Å². The molecule has 21 heavy (non-hydrogen) atoms. The molecule has 0 aliphatic rings. The van der Waals surface area contributed by atoms with Gasteiger partial charge in [-0.1, -0.05) is 19.1 Å². The van der Waals surface area contributed by atoms with E-state index in [0.717, 1.165) is 18.6 Å². The maximum absolute atomic E-state index is 12.2. The molecule has 1 aromatic carbocycles. The van der Waals surface area contributed by atoms with E-state index < -0.39 is 0 Å². The van der Waals surface area contributed by atoms with Crippen LogP contribution in [0.25, 0.3) is 10.9 Å². The smallest absolute Gasteiger partial charge is 0.242 e. The molecule has 0 saturated heterocycles. The standard InChI is InChI=1S/C17H25N3O/c1-5-18-11-14-6-7-15-8-9-20(16(15)10-14)12-17(21)19(4)13(2)3/h6-10,13,18H,5,11-12H2,1-4H3. The molecule has 0 aliphatic carbocycles. The van der Waals surface area contributed by atoms with E-state index in [1.165, 1.54) is 10.9 Å². The Balaban J connectivity index is 2.21. The van der Waals surface area contributed by atoms with E-state index in [1.54, 1.807) is 4.90 Å². The second-order valence-corrected chi connectivity index (χ2v) is 5.72. The van der Waals surface area contributed by atoms with Gasteiger partial charge in [-0.15, -0.1) is 0 Å². The van der Waals surface area contributed by atoms with Gasteiger partial charge in [0.2, 0.25) is 5.91 Å². The van der Waals surface area contributed by atoms with Gasteiger partial charge in [0.15, 0.2) is 0 Å². The van der Waals surface area contributed by atoms with Crippen LogP contribution in [0.15, 0.2) is 30.5 Å². The highest BCUT2D eigenvalue weighted by molar-refractivity contribution is 5.83. The van der Waals surface area contributed by atoms with Crippen LogP contribution in [0.5, 0.6) is 0 Å². The molecule has 114 valence electrons. The Morgan fingerprint density at radius 3 is 2.76 bits per heavy atom. The Labute approximate surface area is 126 Å². The Hall–Kier alpha value is -1.81. The van der Waals surface area contributed by atoms with Crippen LogP contribution in [0.1, 0.15) is 26.3 Å². The van der Waals surface area contributed by atoms with Crippen molar-refractivity contribution in [2.45, 2.75) is 39.9 Å². The predicted octanol–water partition coefficient (Wildman–Crippen LogP) is 2.62. The van der Waals surface area contributed by atoms with E-state index in [9.17, 15) is 4.79 Å². The number of fused-ring (bicyclic) bond motifs is 1.